The Bertz CT molecular complexity index is 687. The van der Waals surface area contributed by atoms with Gasteiger partial charge < -0.3 is 14.9 Å². The monoisotopic (exact) mass is 324 g/mol. The Labute approximate surface area is 143 Å². The van der Waals surface area contributed by atoms with Gasteiger partial charge in [-0.05, 0) is 30.7 Å². The third-order valence-electron chi connectivity index (χ3n) is 4.69. The van der Waals surface area contributed by atoms with Crippen molar-refractivity contribution < 1.29 is 9.90 Å². The molecule has 4 heteroatoms. The second-order valence-corrected chi connectivity index (χ2v) is 6.40. The Morgan fingerprint density at radius 3 is 2.54 bits per heavy atom. The number of likely N-dealkylation sites (N-methyl/N-ethyl adjacent to an activating group) is 1. The van der Waals surface area contributed by atoms with E-state index < -0.39 is 0 Å². The molecule has 1 saturated heterocycles. The molecule has 1 aliphatic heterocycles. The third kappa shape index (κ3) is 3.77. The van der Waals surface area contributed by atoms with Crippen molar-refractivity contribution in [1.29, 1.82) is 0 Å². The van der Waals surface area contributed by atoms with Crippen molar-refractivity contribution in [3.05, 3.63) is 65.7 Å². The first kappa shape index (κ1) is 16.5. The second kappa shape index (κ2) is 7.49. The first-order valence-corrected chi connectivity index (χ1v) is 8.45. The van der Waals surface area contributed by atoms with Crippen LogP contribution >= 0.6 is 0 Å². The van der Waals surface area contributed by atoms with E-state index in [1.165, 1.54) is 5.56 Å². The Kier molecular flexibility index (Phi) is 5.16. The molecular formula is C20H24N2O2. The second-order valence-electron chi connectivity index (χ2n) is 6.40. The predicted octanol–water partition coefficient (Wildman–Crippen LogP) is 2.84. The molecule has 2 aromatic carbocycles. The summed E-state index contributed by atoms with van der Waals surface area (Å²) in [7, 11) is 2.10. The van der Waals surface area contributed by atoms with Gasteiger partial charge in [-0.3, -0.25) is 4.79 Å². The number of phenols is 1. The van der Waals surface area contributed by atoms with Crippen molar-refractivity contribution in [1.82, 2.24) is 9.80 Å². The molecule has 1 aliphatic rings. The summed E-state index contributed by atoms with van der Waals surface area (Å²) in [6.45, 7) is 2.49. The molecule has 0 spiro atoms. The van der Waals surface area contributed by atoms with E-state index in [9.17, 15) is 9.90 Å². The molecule has 0 bridgehead atoms. The van der Waals surface area contributed by atoms with Gasteiger partial charge >= 0.3 is 0 Å². The fourth-order valence-corrected chi connectivity index (χ4v) is 3.29. The molecule has 1 unspecified atom stereocenters. The summed E-state index contributed by atoms with van der Waals surface area (Å²) in [5, 5.41) is 9.87. The topological polar surface area (TPSA) is 43.8 Å². The predicted molar refractivity (Wildman–Crippen MR) is 94.8 cm³/mol. The molecule has 2 aromatic rings. The molecule has 0 aromatic heterocycles. The highest BCUT2D eigenvalue weighted by Gasteiger charge is 2.29. The summed E-state index contributed by atoms with van der Waals surface area (Å²) in [6.07, 6.45) is 0.990. The van der Waals surface area contributed by atoms with Crippen molar-refractivity contribution in [3.8, 4) is 5.75 Å². The Morgan fingerprint density at radius 1 is 1.08 bits per heavy atom. The number of para-hydroxylation sites is 1. The number of carbonyl (C=O) groups excluding carboxylic acids is 1. The van der Waals surface area contributed by atoms with Gasteiger partial charge in [-0.2, -0.15) is 0 Å². The number of aromatic hydroxyl groups is 1. The molecular weight excluding hydrogens is 300 g/mol. The highest BCUT2D eigenvalue weighted by atomic mass is 16.3. The van der Waals surface area contributed by atoms with Crippen LogP contribution in [0.25, 0.3) is 0 Å². The lowest BCUT2D eigenvalue weighted by Crippen LogP contribution is -2.49. The number of hydrogen-bond acceptors (Lipinski definition) is 3. The fourth-order valence-electron chi connectivity index (χ4n) is 3.29. The Hall–Kier alpha value is -2.33. The number of hydrogen-bond donors (Lipinski definition) is 1. The number of piperazine rings is 1. The van der Waals surface area contributed by atoms with E-state index >= 15 is 0 Å². The van der Waals surface area contributed by atoms with Crippen molar-refractivity contribution >= 4 is 5.91 Å². The van der Waals surface area contributed by atoms with E-state index in [0.29, 0.717) is 12.8 Å². The van der Waals surface area contributed by atoms with Gasteiger partial charge in [-0.25, -0.2) is 0 Å². The summed E-state index contributed by atoms with van der Waals surface area (Å²) >= 11 is 0. The largest absolute Gasteiger partial charge is 0.508 e. The van der Waals surface area contributed by atoms with Crippen LogP contribution in [0, 0.1) is 0 Å². The highest BCUT2D eigenvalue weighted by Crippen LogP contribution is 2.26. The van der Waals surface area contributed by atoms with Crippen LogP contribution in [0.5, 0.6) is 5.75 Å². The zero-order valence-corrected chi connectivity index (χ0v) is 14.1. The molecule has 24 heavy (non-hydrogen) atoms. The molecule has 1 N–H and O–H groups in total. The molecule has 0 saturated carbocycles. The average molecular weight is 324 g/mol. The van der Waals surface area contributed by atoms with Gasteiger partial charge in [0, 0.05) is 26.1 Å². The third-order valence-corrected chi connectivity index (χ3v) is 4.69. The number of carbonyl (C=O) groups is 1. The van der Waals surface area contributed by atoms with Crippen LogP contribution in [0.15, 0.2) is 54.6 Å². The molecule has 0 radical (unpaired) electrons. The van der Waals surface area contributed by atoms with Crippen molar-refractivity contribution in [3.63, 3.8) is 0 Å². The summed E-state index contributed by atoms with van der Waals surface area (Å²) in [5.74, 6) is 0.420. The summed E-state index contributed by atoms with van der Waals surface area (Å²) < 4.78 is 0. The van der Waals surface area contributed by atoms with Crippen LogP contribution in [0.1, 0.15) is 23.6 Å². The number of phenolic OH excluding ortho intramolecular Hbond substituents is 1. The van der Waals surface area contributed by atoms with Crippen LogP contribution in [0.4, 0.5) is 0 Å². The molecule has 1 fully saturated rings. The van der Waals surface area contributed by atoms with Gasteiger partial charge in [0.25, 0.3) is 0 Å². The van der Waals surface area contributed by atoms with E-state index in [1.807, 2.05) is 35.2 Å². The zero-order valence-electron chi connectivity index (χ0n) is 14.1. The van der Waals surface area contributed by atoms with E-state index in [-0.39, 0.29) is 17.7 Å². The van der Waals surface area contributed by atoms with Gasteiger partial charge in [0.15, 0.2) is 0 Å². The van der Waals surface area contributed by atoms with Gasteiger partial charge in [0.1, 0.15) is 5.75 Å². The van der Waals surface area contributed by atoms with Crippen molar-refractivity contribution in [2.24, 2.45) is 0 Å². The SMILES string of the molecule is CN1CCN(C(=O)CCc2ccccc2O)C(c2ccccc2)C1. The lowest BCUT2D eigenvalue weighted by Gasteiger charge is -2.40. The normalized spacial score (nSPS) is 18.5. The van der Waals surface area contributed by atoms with Gasteiger partial charge in [0.2, 0.25) is 5.91 Å². The molecule has 4 nitrogen and oxygen atoms in total. The van der Waals surface area contributed by atoms with E-state index in [2.05, 4.69) is 24.1 Å². The van der Waals surface area contributed by atoms with Crippen LogP contribution < -0.4 is 0 Å². The summed E-state index contributed by atoms with van der Waals surface area (Å²) in [6, 6.07) is 17.6. The van der Waals surface area contributed by atoms with E-state index in [0.717, 1.165) is 25.2 Å². The van der Waals surface area contributed by atoms with Crippen molar-refractivity contribution in [2.75, 3.05) is 26.7 Å². The summed E-state index contributed by atoms with van der Waals surface area (Å²) in [5.41, 5.74) is 2.01. The number of rotatable bonds is 4. The van der Waals surface area contributed by atoms with Gasteiger partial charge in [-0.1, -0.05) is 48.5 Å². The summed E-state index contributed by atoms with van der Waals surface area (Å²) in [4.78, 5) is 17.1. The lowest BCUT2D eigenvalue weighted by atomic mass is 10.0. The molecule has 1 heterocycles. The van der Waals surface area contributed by atoms with Crippen LogP contribution in [-0.4, -0.2) is 47.5 Å². The standard InChI is InChI=1S/C20H24N2O2/c1-21-13-14-22(18(15-21)16-7-3-2-4-8-16)20(24)12-11-17-9-5-6-10-19(17)23/h2-10,18,23H,11-15H2,1H3. The van der Waals surface area contributed by atoms with E-state index in [1.54, 1.807) is 12.1 Å². The zero-order chi connectivity index (χ0) is 16.9. The maximum absolute atomic E-state index is 12.8. The average Bonchev–Trinajstić information content (AvgIpc) is 2.61. The molecule has 1 atom stereocenters. The molecule has 1 amide bonds. The highest BCUT2D eigenvalue weighted by molar-refractivity contribution is 5.77. The maximum atomic E-state index is 12.8. The minimum atomic E-state index is 0.0989. The van der Waals surface area contributed by atoms with Gasteiger partial charge in [0.05, 0.1) is 6.04 Å². The smallest absolute Gasteiger partial charge is 0.223 e. The number of nitrogens with zero attached hydrogens (tertiary/aromatic N) is 2. The first-order valence-electron chi connectivity index (χ1n) is 8.45. The fraction of sp³-hybridized carbons (Fsp3) is 0.350. The number of benzene rings is 2. The van der Waals surface area contributed by atoms with Crippen molar-refractivity contribution in [2.45, 2.75) is 18.9 Å². The van der Waals surface area contributed by atoms with Gasteiger partial charge in [-0.15, -0.1) is 0 Å². The quantitative estimate of drug-likeness (QED) is 0.940. The maximum Gasteiger partial charge on any atom is 0.223 e. The van der Waals surface area contributed by atoms with E-state index in [4.69, 9.17) is 0 Å². The molecule has 3 rings (SSSR count). The lowest BCUT2D eigenvalue weighted by molar-refractivity contribution is -0.136. The minimum absolute atomic E-state index is 0.0989. The number of aryl methyl sites for hydroxylation is 1. The molecule has 0 aliphatic carbocycles. The van der Waals surface area contributed by atoms with Crippen LogP contribution in [0.2, 0.25) is 0 Å². The Morgan fingerprint density at radius 2 is 1.79 bits per heavy atom. The van der Waals surface area contributed by atoms with Crippen LogP contribution in [0.3, 0.4) is 0 Å². The number of amides is 1. The molecule has 126 valence electrons. The Balaban J connectivity index is 1.71. The minimum Gasteiger partial charge on any atom is -0.508 e. The van der Waals surface area contributed by atoms with Crippen LogP contribution in [-0.2, 0) is 11.2 Å². The first-order chi connectivity index (χ1) is 11.6.